The quantitative estimate of drug-likeness (QED) is 0.806. The van der Waals surface area contributed by atoms with Crippen molar-refractivity contribution in [2.45, 2.75) is 63.6 Å². The van der Waals surface area contributed by atoms with Crippen LogP contribution in [0.2, 0.25) is 0 Å². The summed E-state index contributed by atoms with van der Waals surface area (Å²) < 4.78 is 5.24. The van der Waals surface area contributed by atoms with Gasteiger partial charge in [-0.15, -0.1) is 0 Å². The van der Waals surface area contributed by atoms with E-state index in [1.807, 2.05) is 0 Å². The van der Waals surface area contributed by atoms with Gasteiger partial charge < -0.3 is 9.84 Å². The van der Waals surface area contributed by atoms with Crippen LogP contribution in [-0.2, 0) is 4.74 Å². The molecule has 1 aliphatic heterocycles. The minimum Gasteiger partial charge on any atom is -0.391 e. The smallest absolute Gasteiger partial charge is 0.0695 e. The molecular weight excluding hydrogens is 252 g/mol. The highest BCUT2D eigenvalue weighted by atomic mass is 16.5. The average molecular weight is 284 g/mol. The van der Waals surface area contributed by atoms with Gasteiger partial charge in [-0.05, 0) is 19.3 Å². The third-order valence-corrected chi connectivity index (χ3v) is 5.00. The Morgan fingerprint density at radius 1 is 1.20 bits per heavy atom. The van der Waals surface area contributed by atoms with Crippen LogP contribution < -0.4 is 0 Å². The first-order chi connectivity index (χ1) is 9.76. The molecule has 118 valence electrons. The summed E-state index contributed by atoms with van der Waals surface area (Å²) in [5.41, 5.74) is 0. The minimum atomic E-state index is -0.100. The number of hydrogen-bond donors (Lipinski definition) is 1. The van der Waals surface area contributed by atoms with Gasteiger partial charge in [-0.1, -0.05) is 26.2 Å². The van der Waals surface area contributed by atoms with Crippen LogP contribution in [0.15, 0.2) is 0 Å². The highest BCUT2D eigenvalue weighted by molar-refractivity contribution is 4.90. The van der Waals surface area contributed by atoms with E-state index in [0.29, 0.717) is 12.1 Å². The molecule has 2 fully saturated rings. The molecule has 0 radical (unpaired) electrons. The van der Waals surface area contributed by atoms with Gasteiger partial charge in [-0.25, -0.2) is 0 Å². The minimum absolute atomic E-state index is 0.100. The molecule has 0 spiro atoms. The summed E-state index contributed by atoms with van der Waals surface area (Å²) in [7, 11) is 1.78. The van der Waals surface area contributed by atoms with Gasteiger partial charge >= 0.3 is 0 Å². The largest absolute Gasteiger partial charge is 0.391 e. The second-order valence-electron chi connectivity index (χ2n) is 6.39. The number of piperazine rings is 1. The summed E-state index contributed by atoms with van der Waals surface area (Å²) in [4.78, 5) is 5.15. The molecule has 1 aliphatic carbocycles. The Bertz CT molecular complexity index is 275. The Labute approximate surface area is 124 Å². The molecule has 0 bridgehead atoms. The predicted molar refractivity (Wildman–Crippen MR) is 82.0 cm³/mol. The lowest BCUT2D eigenvalue weighted by atomic mass is 9.90. The van der Waals surface area contributed by atoms with Gasteiger partial charge in [-0.3, -0.25) is 9.80 Å². The van der Waals surface area contributed by atoms with Gasteiger partial charge in [0.1, 0.15) is 0 Å². The van der Waals surface area contributed by atoms with Gasteiger partial charge in [-0.2, -0.15) is 0 Å². The molecule has 3 unspecified atom stereocenters. The third kappa shape index (κ3) is 4.17. The van der Waals surface area contributed by atoms with Crippen LogP contribution in [0.4, 0.5) is 0 Å². The third-order valence-electron chi connectivity index (χ3n) is 5.00. The van der Waals surface area contributed by atoms with Crippen molar-refractivity contribution >= 4 is 0 Å². The molecule has 1 heterocycles. The zero-order valence-electron chi connectivity index (χ0n) is 13.3. The summed E-state index contributed by atoms with van der Waals surface area (Å²) in [5.74, 6) is 0. The first-order valence-corrected chi connectivity index (χ1v) is 8.41. The fourth-order valence-corrected chi connectivity index (χ4v) is 3.85. The summed E-state index contributed by atoms with van der Waals surface area (Å²) in [6.07, 6.45) is 7.04. The molecule has 4 heteroatoms. The maximum absolute atomic E-state index is 10.3. The van der Waals surface area contributed by atoms with E-state index in [-0.39, 0.29) is 6.10 Å². The fourth-order valence-electron chi connectivity index (χ4n) is 3.85. The second kappa shape index (κ2) is 8.32. The molecular formula is C16H32N2O2. The number of rotatable bonds is 6. The van der Waals surface area contributed by atoms with E-state index < -0.39 is 0 Å². The van der Waals surface area contributed by atoms with Gasteiger partial charge in [0.15, 0.2) is 0 Å². The lowest BCUT2D eigenvalue weighted by Gasteiger charge is -2.46. The van der Waals surface area contributed by atoms with Crippen molar-refractivity contribution in [2.24, 2.45) is 0 Å². The molecule has 0 aromatic rings. The molecule has 4 nitrogen and oxygen atoms in total. The topological polar surface area (TPSA) is 35.9 Å². The van der Waals surface area contributed by atoms with Crippen molar-refractivity contribution in [1.82, 2.24) is 9.80 Å². The van der Waals surface area contributed by atoms with E-state index in [9.17, 15) is 5.11 Å². The summed E-state index contributed by atoms with van der Waals surface area (Å²) >= 11 is 0. The van der Waals surface area contributed by atoms with Crippen LogP contribution in [0.5, 0.6) is 0 Å². The molecule has 1 saturated heterocycles. The van der Waals surface area contributed by atoms with Crippen molar-refractivity contribution in [1.29, 1.82) is 0 Å². The number of nitrogens with zero attached hydrogens (tertiary/aromatic N) is 2. The zero-order valence-corrected chi connectivity index (χ0v) is 13.3. The van der Waals surface area contributed by atoms with Crippen LogP contribution in [0, 0.1) is 0 Å². The van der Waals surface area contributed by atoms with Crippen LogP contribution in [0.25, 0.3) is 0 Å². The van der Waals surface area contributed by atoms with Crippen molar-refractivity contribution in [3.05, 3.63) is 0 Å². The maximum Gasteiger partial charge on any atom is 0.0695 e. The zero-order chi connectivity index (χ0) is 14.4. The Morgan fingerprint density at radius 2 is 2.00 bits per heavy atom. The Morgan fingerprint density at radius 3 is 2.70 bits per heavy atom. The highest BCUT2D eigenvalue weighted by Gasteiger charge is 2.34. The molecule has 2 rings (SSSR count). The van der Waals surface area contributed by atoms with E-state index in [0.717, 1.165) is 39.2 Å². The van der Waals surface area contributed by atoms with Gasteiger partial charge in [0.05, 0.1) is 12.7 Å². The van der Waals surface area contributed by atoms with Crippen LogP contribution >= 0.6 is 0 Å². The Balaban J connectivity index is 1.90. The fraction of sp³-hybridized carbons (Fsp3) is 1.00. The second-order valence-corrected chi connectivity index (χ2v) is 6.39. The number of aliphatic hydroxyl groups excluding tert-OH is 1. The molecule has 1 N–H and O–H groups in total. The average Bonchev–Trinajstić information content (AvgIpc) is 2.47. The molecule has 20 heavy (non-hydrogen) atoms. The van der Waals surface area contributed by atoms with Gasteiger partial charge in [0, 0.05) is 45.4 Å². The number of methoxy groups -OCH3 is 1. The Kier molecular flexibility index (Phi) is 6.75. The van der Waals surface area contributed by atoms with Crippen molar-refractivity contribution in [2.75, 3.05) is 39.9 Å². The van der Waals surface area contributed by atoms with E-state index >= 15 is 0 Å². The predicted octanol–water partition coefficient (Wildman–Crippen LogP) is 1.72. The van der Waals surface area contributed by atoms with E-state index in [1.54, 1.807) is 7.11 Å². The van der Waals surface area contributed by atoms with Gasteiger partial charge in [0.2, 0.25) is 0 Å². The first kappa shape index (κ1) is 16.2. The standard InChI is InChI=1S/C16H32N2O2/c1-3-6-14-13-18(10-9-17(14)11-12-20-2)15-7-4-5-8-16(15)19/h14-16,19H,3-13H2,1-2H3. The summed E-state index contributed by atoms with van der Waals surface area (Å²) in [6.45, 7) is 7.49. The van der Waals surface area contributed by atoms with E-state index in [2.05, 4.69) is 16.7 Å². The number of aliphatic hydroxyl groups is 1. The molecule has 1 saturated carbocycles. The maximum atomic E-state index is 10.3. The summed E-state index contributed by atoms with van der Waals surface area (Å²) in [5, 5.41) is 10.3. The number of hydrogen-bond acceptors (Lipinski definition) is 4. The van der Waals surface area contributed by atoms with Crippen molar-refractivity contribution in [3.63, 3.8) is 0 Å². The monoisotopic (exact) mass is 284 g/mol. The normalized spacial score (nSPS) is 33.5. The first-order valence-electron chi connectivity index (χ1n) is 8.41. The number of ether oxygens (including phenoxy) is 1. The van der Waals surface area contributed by atoms with Crippen LogP contribution in [0.1, 0.15) is 45.4 Å². The molecule has 3 atom stereocenters. The van der Waals surface area contributed by atoms with Crippen molar-refractivity contribution < 1.29 is 9.84 Å². The summed E-state index contributed by atoms with van der Waals surface area (Å²) in [6, 6.07) is 1.05. The highest BCUT2D eigenvalue weighted by Crippen LogP contribution is 2.26. The van der Waals surface area contributed by atoms with E-state index in [4.69, 9.17) is 4.74 Å². The SMILES string of the molecule is CCCC1CN(C2CCCCC2O)CCN1CCOC. The lowest BCUT2D eigenvalue weighted by molar-refractivity contribution is -0.0278. The van der Waals surface area contributed by atoms with E-state index in [1.165, 1.54) is 32.1 Å². The molecule has 2 aliphatic rings. The molecule has 0 aromatic carbocycles. The Hall–Kier alpha value is -0.160. The van der Waals surface area contributed by atoms with Crippen LogP contribution in [0.3, 0.4) is 0 Å². The molecule has 0 amide bonds. The molecule has 0 aromatic heterocycles. The van der Waals surface area contributed by atoms with Gasteiger partial charge in [0.25, 0.3) is 0 Å². The van der Waals surface area contributed by atoms with Crippen molar-refractivity contribution in [3.8, 4) is 0 Å². The lowest BCUT2D eigenvalue weighted by Crippen LogP contribution is -2.59. The van der Waals surface area contributed by atoms with Crippen LogP contribution in [-0.4, -0.2) is 73.0 Å².